The van der Waals surface area contributed by atoms with Gasteiger partial charge < -0.3 is 15.2 Å². The van der Waals surface area contributed by atoms with E-state index in [1.807, 2.05) is 31.2 Å². The van der Waals surface area contributed by atoms with Crippen LogP contribution in [0.25, 0.3) is 0 Å². The first-order chi connectivity index (χ1) is 12.9. The van der Waals surface area contributed by atoms with Gasteiger partial charge in [0.05, 0.1) is 5.56 Å². The Hall–Kier alpha value is -2.89. The molecule has 27 heavy (non-hydrogen) atoms. The van der Waals surface area contributed by atoms with Crippen LogP contribution in [-0.2, 0) is 6.54 Å². The lowest BCUT2D eigenvalue weighted by atomic mass is 10.1. The van der Waals surface area contributed by atoms with Gasteiger partial charge in [-0.2, -0.15) is 0 Å². The molecule has 0 radical (unpaired) electrons. The number of aromatic amines is 1. The summed E-state index contributed by atoms with van der Waals surface area (Å²) in [7, 11) is 1.65. The molecule has 3 rings (SSSR count). The lowest BCUT2D eigenvalue weighted by Crippen LogP contribution is -2.32. The minimum Gasteiger partial charge on any atom is -0.352 e. The van der Waals surface area contributed by atoms with E-state index in [0.29, 0.717) is 13.1 Å². The standard InChI is InChI=1S/C21H25N3O3/c1-14-4-3-5-16(10-14)13-24(2)21(27)18-11-17(12-23-20(18)26)19(25)22-9-8-15-6-7-15/h3-5,10-12,15H,6-9,13H2,1-2H3,(H,22,25)(H,23,26). The molecule has 0 spiro atoms. The number of carbonyl (C=O) groups excluding carboxylic acids is 2. The maximum absolute atomic E-state index is 12.7. The highest BCUT2D eigenvalue weighted by atomic mass is 16.2. The average Bonchev–Trinajstić information content (AvgIpc) is 3.45. The summed E-state index contributed by atoms with van der Waals surface area (Å²) >= 11 is 0. The van der Waals surface area contributed by atoms with Gasteiger partial charge in [-0.1, -0.05) is 42.7 Å². The number of hydrogen-bond donors (Lipinski definition) is 2. The van der Waals surface area contributed by atoms with Gasteiger partial charge in [0.1, 0.15) is 5.56 Å². The molecular formula is C21H25N3O3. The summed E-state index contributed by atoms with van der Waals surface area (Å²) in [5, 5.41) is 2.85. The molecule has 142 valence electrons. The lowest BCUT2D eigenvalue weighted by molar-refractivity contribution is 0.0783. The quantitative estimate of drug-likeness (QED) is 0.789. The predicted octanol–water partition coefficient (Wildman–Crippen LogP) is 2.49. The number of benzene rings is 1. The second kappa shape index (κ2) is 8.20. The van der Waals surface area contributed by atoms with E-state index in [1.54, 1.807) is 7.05 Å². The lowest BCUT2D eigenvalue weighted by Gasteiger charge is -2.17. The van der Waals surface area contributed by atoms with Gasteiger partial charge in [-0.25, -0.2) is 0 Å². The third-order valence-electron chi connectivity index (χ3n) is 4.78. The van der Waals surface area contributed by atoms with E-state index in [-0.39, 0.29) is 17.0 Å². The van der Waals surface area contributed by atoms with Crippen molar-refractivity contribution in [3.63, 3.8) is 0 Å². The number of H-pyrrole nitrogens is 1. The van der Waals surface area contributed by atoms with Crippen LogP contribution < -0.4 is 10.9 Å². The number of nitrogens with zero attached hydrogens (tertiary/aromatic N) is 1. The molecule has 2 N–H and O–H groups in total. The Morgan fingerprint density at radius 3 is 2.74 bits per heavy atom. The Bertz CT molecular complexity index is 900. The van der Waals surface area contributed by atoms with Crippen molar-refractivity contribution in [2.45, 2.75) is 32.7 Å². The number of aryl methyl sites for hydroxylation is 1. The number of aromatic nitrogens is 1. The van der Waals surface area contributed by atoms with Crippen molar-refractivity contribution in [3.8, 4) is 0 Å². The van der Waals surface area contributed by atoms with Gasteiger partial charge in [0.25, 0.3) is 17.4 Å². The molecule has 1 fully saturated rings. The molecule has 6 nitrogen and oxygen atoms in total. The minimum absolute atomic E-state index is 0.0278. The van der Waals surface area contributed by atoms with Crippen molar-refractivity contribution in [2.24, 2.45) is 5.92 Å². The SMILES string of the molecule is Cc1cccc(CN(C)C(=O)c2cc(C(=O)NCCC3CC3)c[nH]c2=O)c1. The predicted molar refractivity (Wildman–Crippen MR) is 104 cm³/mol. The summed E-state index contributed by atoms with van der Waals surface area (Å²) in [5.74, 6) is 0.0426. The van der Waals surface area contributed by atoms with E-state index < -0.39 is 11.5 Å². The first kappa shape index (κ1) is 18.9. The Labute approximate surface area is 158 Å². The molecule has 1 aromatic heterocycles. The van der Waals surface area contributed by atoms with E-state index in [2.05, 4.69) is 10.3 Å². The highest BCUT2D eigenvalue weighted by Gasteiger charge is 2.21. The largest absolute Gasteiger partial charge is 0.352 e. The van der Waals surface area contributed by atoms with Gasteiger partial charge >= 0.3 is 0 Å². The molecule has 2 aromatic rings. The zero-order chi connectivity index (χ0) is 19.4. The monoisotopic (exact) mass is 367 g/mol. The molecule has 0 bridgehead atoms. The summed E-state index contributed by atoms with van der Waals surface area (Å²) < 4.78 is 0. The Kier molecular flexibility index (Phi) is 5.74. The van der Waals surface area contributed by atoms with Gasteiger partial charge in [-0.05, 0) is 30.9 Å². The third-order valence-corrected chi connectivity index (χ3v) is 4.78. The van der Waals surface area contributed by atoms with Crippen molar-refractivity contribution in [2.75, 3.05) is 13.6 Å². The van der Waals surface area contributed by atoms with Crippen LogP contribution in [0.3, 0.4) is 0 Å². The van der Waals surface area contributed by atoms with Crippen molar-refractivity contribution in [3.05, 3.63) is 69.1 Å². The second-order valence-corrected chi connectivity index (χ2v) is 7.27. The van der Waals surface area contributed by atoms with Crippen LogP contribution in [0.5, 0.6) is 0 Å². The Morgan fingerprint density at radius 2 is 2.04 bits per heavy atom. The molecule has 1 heterocycles. The number of amides is 2. The summed E-state index contributed by atoms with van der Waals surface area (Å²) in [6, 6.07) is 9.23. The fourth-order valence-electron chi connectivity index (χ4n) is 3.03. The maximum Gasteiger partial charge on any atom is 0.260 e. The summed E-state index contributed by atoms with van der Waals surface area (Å²) in [5.41, 5.74) is 1.86. The van der Waals surface area contributed by atoms with Crippen LogP contribution in [0.15, 0.2) is 41.3 Å². The molecular weight excluding hydrogens is 342 g/mol. The number of nitrogens with one attached hydrogen (secondary N) is 2. The van der Waals surface area contributed by atoms with Crippen LogP contribution >= 0.6 is 0 Å². The van der Waals surface area contributed by atoms with Crippen molar-refractivity contribution < 1.29 is 9.59 Å². The van der Waals surface area contributed by atoms with E-state index >= 15 is 0 Å². The maximum atomic E-state index is 12.7. The van der Waals surface area contributed by atoms with Crippen LogP contribution in [0.4, 0.5) is 0 Å². The van der Waals surface area contributed by atoms with Crippen LogP contribution in [-0.4, -0.2) is 35.3 Å². The van der Waals surface area contributed by atoms with Gasteiger partial charge in [0.15, 0.2) is 0 Å². The second-order valence-electron chi connectivity index (χ2n) is 7.27. The Balaban J connectivity index is 1.69. The van der Waals surface area contributed by atoms with Crippen LogP contribution in [0.2, 0.25) is 0 Å². The summed E-state index contributed by atoms with van der Waals surface area (Å²) in [6.45, 7) is 2.98. The van der Waals surface area contributed by atoms with Crippen LogP contribution in [0.1, 0.15) is 51.1 Å². The first-order valence-electron chi connectivity index (χ1n) is 9.26. The van der Waals surface area contributed by atoms with Crippen molar-refractivity contribution >= 4 is 11.8 Å². The smallest absolute Gasteiger partial charge is 0.260 e. The van der Waals surface area contributed by atoms with E-state index in [4.69, 9.17) is 0 Å². The number of carbonyl (C=O) groups is 2. The fraction of sp³-hybridized carbons (Fsp3) is 0.381. The normalized spacial score (nSPS) is 13.3. The molecule has 1 aromatic carbocycles. The Morgan fingerprint density at radius 1 is 1.26 bits per heavy atom. The van der Waals surface area contributed by atoms with Gasteiger partial charge in [-0.3, -0.25) is 14.4 Å². The fourth-order valence-corrected chi connectivity index (χ4v) is 3.03. The zero-order valence-corrected chi connectivity index (χ0v) is 15.7. The first-order valence-corrected chi connectivity index (χ1v) is 9.26. The number of pyridine rings is 1. The van der Waals surface area contributed by atoms with Crippen LogP contribution in [0, 0.1) is 12.8 Å². The van der Waals surface area contributed by atoms with Gasteiger partial charge in [0, 0.05) is 26.3 Å². The molecule has 0 aliphatic heterocycles. The minimum atomic E-state index is -0.495. The third kappa shape index (κ3) is 5.06. The summed E-state index contributed by atoms with van der Waals surface area (Å²) in [6.07, 6.45) is 4.80. The van der Waals surface area contributed by atoms with Gasteiger partial charge in [-0.15, -0.1) is 0 Å². The number of hydrogen-bond acceptors (Lipinski definition) is 3. The van der Waals surface area contributed by atoms with E-state index in [1.165, 1.54) is 30.0 Å². The number of rotatable bonds is 7. The van der Waals surface area contributed by atoms with E-state index in [0.717, 1.165) is 23.5 Å². The highest BCUT2D eigenvalue weighted by Crippen LogP contribution is 2.31. The average molecular weight is 367 g/mol. The molecule has 0 atom stereocenters. The van der Waals surface area contributed by atoms with Gasteiger partial charge in [0.2, 0.25) is 0 Å². The zero-order valence-electron chi connectivity index (χ0n) is 15.7. The highest BCUT2D eigenvalue weighted by molar-refractivity contribution is 5.99. The topological polar surface area (TPSA) is 82.3 Å². The molecule has 0 unspecified atom stereocenters. The van der Waals surface area contributed by atoms with Crippen molar-refractivity contribution in [1.82, 2.24) is 15.2 Å². The molecule has 0 saturated heterocycles. The van der Waals surface area contributed by atoms with Crippen molar-refractivity contribution in [1.29, 1.82) is 0 Å². The molecule has 1 aliphatic carbocycles. The molecule has 6 heteroatoms. The molecule has 2 amide bonds. The van der Waals surface area contributed by atoms with E-state index in [9.17, 15) is 14.4 Å². The molecule has 1 saturated carbocycles. The molecule has 1 aliphatic rings. The summed E-state index contributed by atoms with van der Waals surface area (Å²) in [4.78, 5) is 41.1.